The molecule has 0 unspecified atom stereocenters. The Bertz CT molecular complexity index is 1050. The third-order valence-corrected chi connectivity index (χ3v) is 4.91. The monoisotopic (exact) mass is 434 g/mol. The van der Waals surface area contributed by atoms with E-state index in [1.165, 1.54) is 18.7 Å². The van der Waals surface area contributed by atoms with E-state index in [1.54, 1.807) is 6.08 Å². The molecular weight excluding hydrogens is 404 g/mol. The molecule has 0 saturated heterocycles. The van der Waals surface area contributed by atoms with Gasteiger partial charge in [-0.25, -0.2) is 4.79 Å². The van der Waals surface area contributed by atoms with Crippen LogP contribution in [0, 0.1) is 0 Å². The largest absolute Gasteiger partial charge is 0.469 e. The number of ether oxygens (including phenoxy) is 2. The Morgan fingerprint density at radius 2 is 1.94 bits per heavy atom. The van der Waals surface area contributed by atoms with Crippen molar-refractivity contribution < 1.29 is 19.1 Å². The first-order valence-corrected chi connectivity index (χ1v) is 10.7. The van der Waals surface area contributed by atoms with Crippen molar-refractivity contribution in [3.8, 4) is 0 Å². The van der Waals surface area contributed by atoms with Gasteiger partial charge in [0.25, 0.3) is 0 Å². The summed E-state index contributed by atoms with van der Waals surface area (Å²) in [6.45, 7) is 6.13. The van der Waals surface area contributed by atoms with Gasteiger partial charge in [-0.3, -0.25) is 9.79 Å². The van der Waals surface area contributed by atoms with Crippen LogP contribution in [0.2, 0.25) is 0 Å². The van der Waals surface area contributed by atoms with Crippen LogP contribution in [0.4, 0.5) is 11.4 Å². The maximum Gasteiger partial charge on any atom is 0.331 e. The fraction of sp³-hybridized carbons (Fsp3) is 0.346. The lowest BCUT2D eigenvalue weighted by Gasteiger charge is -2.18. The molecule has 6 nitrogen and oxygen atoms in total. The number of hydrogen-bond acceptors (Lipinski definition) is 6. The lowest BCUT2D eigenvalue weighted by atomic mass is 10.0. The van der Waals surface area contributed by atoms with E-state index in [1.807, 2.05) is 57.2 Å². The second kappa shape index (κ2) is 10.3. The third-order valence-electron chi connectivity index (χ3n) is 4.91. The number of nitrogens with one attached hydrogen (secondary N) is 1. The molecule has 1 N–H and O–H groups in total. The minimum Gasteiger partial charge on any atom is -0.469 e. The van der Waals surface area contributed by atoms with E-state index >= 15 is 0 Å². The van der Waals surface area contributed by atoms with E-state index in [9.17, 15) is 9.59 Å². The molecule has 0 radical (unpaired) electrons. The van der Waals surface area contributed by atoms with E-state index in [2.05, 4.69) is 11.4 Å². The molecule has 1 heterocycles. The standard InChI is InChI=1S/C26H30N2O4/c1-26(2,3)32-25(30)14-11-19-7-5-6-8-22(19)27-17-21-16-20-15-18(9-12-23(20)28-21)10-13-24(29)31-4/h5-9,11-12,14-15,27H,10,13,16-17H2,1-4H3/b14-11+. The number of carbonyl (C=O) groups is 2. The molecule has 32 heavy (non-hydrogen) atoms. The topological polar surface area (TPSA) is 77.0 Å². The minimum atomic E-state index is -0.520. The molecule has 3 rings (SSSR count). The third kappa shape index (κ3) is 6.80. The van der Waals surface area contributed by atoms with Crippen molar-refractivity contribution in [2.24, 2.45) is 4.99 Å². The molecule has 0 bridgehead atoms. The number of aliphatic imine (C=N–C) groups is 1. The van der Waals surface area contributed by atoms with Crippen molar-refractivity contribution >= 4 is 35.1 Å². The lowest BCUT2D eigenvalue weighted by molar-refractivity contribution is -0.148. The fourth-order valence-electron chi connectivity index (χ4n) is 3.42. The molecule has 0 saturated carbocycles. The van der Waals surface area contributed by atoms with Gasteiger partial charge in [0, 0.05) is 30.3 Å². The van der Waals surface area contributed by atoms with Crippen LogP contribution in [-0.2, 0) is 31.9 Å². The molecule has 1 aliphatic heterocycles. The number of rotatable bonds is 8. The molecule has 0 fully saturated rings. The van der Waals surface area contributed by atoms with E-state index in [-0.39, 0.29) is 11.9 Å². The number of hydrogen-bond donors (Lipinski definition) is 1. The number of fused-ring (bicyclic) bond motifs is 1. The number of nitrogens with zero attached hydrogens (tertiary/aromatic N) is 1. The zero-order valence-corrected chi connectivity index (χ0v) is 19.1. The lowest BCUT2D eigenvalue weighted by Crippen LogP contribution is -2.22. The molecule has 6 heteroatoms. The molecule has 1 aliphatic rings. The van der Waals surface area contributed by atoms with Gasteiger partial charge in [-0.1, -0.05) is 30.3 Å². The highest BCUT2D eigenvalue weighted by Gasteiger charge is 2.16. The number of esters is 2. The van der Waals surface area contributed by atoms with Gasteiger partial charge in [0.15, 0.2) is 0 Å². The van der Waals surface area contributed by atoms with Crippen molar-refractivity contribution in [2.45, 2.75) is 45.6 Å². The number of benzene rings is 2. The van der Waals surface area contributed by atoms with Crippen molar-refractivity contribution in [3.63, 3.8) is 0 Å². The SMILES string of the molecule is COC(=O)CCc1ccc2c(c1)CC(CNc1ccccc1/C=C/C(=O)OC(C)(C)C)=N2. The highest BCUT2D eigenvalue weighted by atomic mass is 16.6. The second-order valence-corrected chi connectivity index (χ2v) is 8.70. The maximum atomic E-state index is 12.0. The quantitative estimate of drug-likeness (QED) is 0.473. The Balaban J connectivity index is 1.59. The zero-order chi connectivity index (χ0) is 23.1. The summed E-state index contributed by atoms with van der Waals surface area (Å²) >= 11 is 0. The molecule has 0 aromatic heterocycles. The summed E-state index contributed by atoms with van der Waals surface area (Å²) in [4.78, 5) is 28.1. The van der Waals surface area contributed by atoms with Gasteiger partial charge < -0.3 is 14.8 Å². The van der Waals surface area contributed by atoms with Crippen LogP contribution < -0.4 is 5.32 Å². The predicted molar refractivity (Wildman–Crippen MR) is 127 cm³/mol. The first kappa shape index (κ1) is 23.3. The fourth-order valence-corrected chi connectivity index (χ4v) is 3.42. The Kier molecular flexibility index (Phi) is 7.46. The van der Waals surface area contributed by atoms with Gasteiger partial charge in [-0.05, 0) is 62.1 Å². The van der Waals surface area contributed by atoms with Crippen LogP contribution in [0.25, 0.3) is 6.08 Å². The number of methoxy groups -OCH3 is 1. The van der Waals surface area contributed by atoms with Gasteiger partial charge in [0.2, 0.25) is 0 Å². The van der Waals surface area contributed by atoms with E-state index in [0.717, 1.165) is 34.6 Å². The number of carbonyl (C=O) groups excluding carboxylic acids is 2. The van der Waals surface area contributed by atoms with Crippen LogP contribution in [-0.4, -0.2) is 36.9 Å². The van der Waals surface area contributed by atoms with Gasteiger partial charge in [0.1, 0.15) is 5.60 Å². The van der Waals surface area contributed by atoms with Gasteiger partial charge >= 0.3 is 11.9 Å². The van der Waals surface area contributed by atoms with Crippen LogP contribution in [0.5, 0.6) is 0 Å². The molecule has 0 amide bonds. The van der Waals surface area contributed by atoms with Gasteiger partial charge in [-0.15, -0.1) is 0 Å². The van der Waals surface area contributed by atoms with Crippen molar-refractivity contribution in [1.82, 2.24) is 0 Å². The molecule has 2 aromatic rings. The number of aryl methyl sites for hydroxylation is 1. The summed E-state index contributed by atoms with van der Waals surface area (Å²) < 4.78 is 10.0. The Morgan fingerprint density at radius 3 is 2.69 bits per heavy atom. The van der Waals surface area contributed by atoms with E-state index < -0.39 is 5.60 Å². The molecular formula is C26H30N2O4. The molecule has 0 atom stereocenters. The van der Waals surface area contributed by atoms with E-state index in [0.29, 0.717) is 19.4 Å². The molecule has 0 spiro atoms. The Morgan fingerprint density at radius 1 is 1.16 bits per heavy atom. The van der Waals surface area contributed by atoms with Crippen LogP contribution >= 0.6 is 0 Å². The molecule has 0 aliphatic carbocycles. The van der Waals surface area contributed by atoms with Crippen LogP contribution in [0.1, 0.15) is 43.9 Å². The minimum absolute atomic E-state index is 0.203. The van der Waals surface area contributed by atoms with Gasteiger partial charge in [-0.2, -0.15) is 0 Å². The summed E-state index contributed by atoms with van der Waals surface area (Å²) in [5.41, 5.74) is 5.59. The van der Waals surface area contributed by atoms with Crippen molar-refractivity contribution in [1.29, 1.82) is 0 Å². The first-order valence-electron chi connectivity index (χ1n) is 10.7. The first-order chi connectivity index (χ1) is 15.2. The van der Waals surface area contributed by atoms with Crippen LogP contribution in [0.15, 0.2) is 53.5 Å². The summed E-state index contributed by atoms with van der Waals surface area (Å²) in [5, 5.41) is 3.43. The van der Waals surface area contributed by atoms with Crippen molar-refractivity contribution in [3.05, 3.63) is 65.2 Å². The van der Waals surface area contributed by atoms with Crippen molar-refractivity contribution in [2.75, 3.05) is 19.0 Å². The highest BCUT2D eigenvalue weighted by molar-refractivity contribution is 5.97. The number of para-hydroxylation sites is 1. The summed E-state index contributed by atoms with van der Waals surface area (Å²) in [6.07, 6.45) is 5.01. The predicted octanol–water partition coefficient (Wildman–Crippen LogP) is 4.89. The average molecular weight is 435 g/mol. The normalized spacial score (nSPS) is 12.9. The summed E-state index contributed by atoms with van der Waals surface area (Å²) in [5.74, 6) is -0.572. The second-order valence-electron chi connectivity index (χ2n) is 8.70. The average Bonchev–Trinajstić information content (AvgIpc) is 3.16. The van der Waals surface area contributed by atoms with Crippen LogP contribution in [0.3, 0.4) is 0 Å². The van der Waals surface area contributed by atoms with Gasteiger partial charge in [0.05, 0.1) is 19.3 Å². The summed E-state index contributed by atoms with van der Waals surface area (Å²) in [6, 6.07) is 13.9. The number of anilines is 1. The highest BCUT2D eigenvalue weighted by Crippen LogP contribution is 2.28. The smallest absolute Gasteiger partial charge is 0.331 e. The summed E-state index contributed by atoms with van der Waals surface area (Å²) in [7, 11) is 1.41. The van der Waals surface area contributed by atoms with E-state index in [4.69, 9.17) is 14.5 Å². The maximum absolute atomic E-state index is 12.0. The molecule has 2 aromatic carbocycles. The Hall–Kier alpha value is -3.41. The zero-order valence-electron chi connectivity index (χ0n) is 19.1. The molecule has 168 valence electrons. The Labute approximate surface area is 189 Å².